The standard InChI is InChI=1S/C19H16ClFN2O3/c1-2-26-19(25)15-16(14-12(20)9-6-10-13(14)21)22-17(23-18(15)24)11-7-4-3-5-8-11/h3-10,15-16H,2H2,1H3,(H,22,23,24)/t15-,16-/m0/s1. The summed E-state index contributed by atoms with van der Waals surface area (Å²) in [7, 11) is 0. The average molecular weight is 375 g/mol. The molecular formula is C19H16ClFN2O3. The zero-order chi connectivity index (χ0) is 18.7. The molecule has 5 nitrogen and oxygen atoms in total. The molecule has 1 N–H and O–H groups in total. The molecule has 7 heteroatoms. The Kier molecular flexibility index (Phi) is 5.32. The van der Waals surface area contributed by atoms with E-state index < -0.39 is 29.7 Å². The normalized spacial score (nSPS) is 19.5. The maximum atomic E-state index is 14.5. The molecule has 0 saturated heterocycles. The lowest BCUT2D eigenvalue weighted by Crippen LogP contribution is -2.47. The van der Waals surface area contributed by atoms with E-state index in [0.29, 0.717) is 5.56 Å². The van der Waals surface area contributed by atoms with Crippen LogP contribution >= 0.6 is 11.6 Å². The Labute approximate surface area is 154 Å². The molecule has 1 aliphatic heterocycles. The first kappa shape index (κ1) is 18.1. The number of benzene rings is 2. The molecule has 0 bridgehead atoms. The van der Waals surface area contributed by atoms with Crippen molar-refractivity contribution in [3.8, 4) is 0 Å². The number of carbonyl (C=O) groups is 2. The molecule has 0 fully saturated rings. The van der Waals surface area contributed by atoms with Crippen LogP contribution in [0.1, 0.15) is 24.1 Å². The number of carbonyl (C=O) groups excluding carboxylic acids is 2. The summed E-state index contributed by atoms with van der Waals surface area (Å²) in [5.74, 6) is -3.09. The third kappa shape index (κ3) is 3.46. The molecular weight excluding hydrogens is 359 g/mol. The van der Waals surface area contributed by atoms with Gasteiger partial charge in [-0.15, -0.1) is 0 Å². The van der Waals surface area contributed by atoms with Gasteiger partial charge in [0.05, 0.1) is 6.61 Å². The van der Waals surface area contributed by atoms with Gasteiger partial charge < -0.3 is 10.1 Å². The SMILES string of the molecule is CCOC(=O)[C@@H]1C(=O)NC(c2ccccc2)=N[C@H]1c1c(F)cccc1Cl. The fourth-order valence-corrected chi connectivity index (χ4v) is 3.09. The first-order valence-corrected chi connectivity index (χ1v) is 8.45. The summed E-state index contributed by atoms with van der Waals surface area (Å²) in [6.07, 6.45) is 0. The zero-order valence-corrected chi connectivity index (χ0v) is 14.7. The molecule has 0 aliphatic carbocycles. The van der Waals surface area contributed by atoms with Crippen molar-refractivity contribution in [1.29, 1.82) is 0 Å². The van der Waals surface area contributed by atoms with Gasteiger partial charge in [0.2, 0.25) is 5.91 Å². The summed E-state index contributed by atoms with van der Waals surface area (Å²) in [6.45, 7) is 1.72. The number of amidine groups is 1. The number of hydrogen-bond donors (Lipinski definition) is 1. The van der Waals surface area contributed by atoms with Crippen molar-refractivity contribution in [3.05, 3.63) is 70.5 Å². The fourth-order valence-electron chi connectivity index (χ4n) is 2.82. The van der Waals surface area contributed by atoms with Crippen molar-refractivity contribution >= 4 is 29.3 Å². The number of nitrogens with one attached hydrogen (secondary N) is 1. The van der Waals surface area contributed by atoms with Crippen molar-refractivity contribution in [2.24, 2.45) is 10.9 Å². The quantitative estimate of drug-likeness (QED) is 0.659. The molecule has 3 rings (SSSR count). The third-order valence-corrected chi connectivity index (χ3v) is 4.32. The lowest BCUT2D eigenvalue weighted by molar-refractivity contribution is -0.153. The highest BCUT2D eigenvalue weighted by molar-refractivity contribution is 6.31. The predicted octanol–water partition coefficient (Wildman–Crippen LogP) is 3.28. The third-order valence-electron chi connectivity index (χ3n) is 3.99. The topological polar surface area (TPSA) is 67.8 Å². The number of esters is 1. The minimum absolute atomic E-state index is 0.00417. The van der Waals surface area contributed by atoms with Crippen molar-refractivity contribution in [1.82, 2.24) is 5.32 Å². The van der Waals surface area contributed by atoms with Crippen LogP contribution < -0.4 is 5.32 Å². The number of amides is 1. The number of ether oxygens (including phenoxy) is 1. The summed E-state index contributed by atoms with van der Waals surface area (Å²) in [5.41, 5.74) is 0.635. The van der Waals surface area contributed by atoms with Gasteiger partial charge in [-0.25, -0.2) is 4.39 Å². The van der Waals surface area contributed by atoms with E-state index in [1.165, 1.54) is 18.2 Å². The molecule has 1 heterocycles. The maximum Gasteiger partial charge on any atom is 0.321 e. The fraction of sp³-hybridized carbons (Fsp3) is 0.211. The first-order chi connectivity index (χ1) is 12.5. The van der Waals surface area contributed by atoms with E-state index in [0.717, 1.165) is 0 Å². The van der Waals surface area contributed by atoms with Crippen LogP contribution in [0.4, 0.5) is 4.39 Å². The Morgan fingerprint density at radius 3 is 2.62 bits per heavy atom. The van der Waals surface area contributed by atoms with Gasteiger partial charge in [0.1, 0.15) is 17.7 Å². The van der Waals surface area contributed by atoms with E-state index in [4.69, 9.17) is 16.3 Å². The number of aliphatic imine (C=N–C) groups is 1. The molecule has 0 unspecified atom stereocenters. The van der Waals surface area contributed by atoms with Crippen molar-refractivity contribution in [3.63, 3.8) is 0 Å². The van der Waals surface area contributed by atoms with E-state index in [2.05, 4.69) is 10.3 Å². The highest BCUT2D eigenvalue weighted by atomic mass is 35.5. The van der Waals surface area contributed by atoms with E-state index in [1.807, 2.05) is 6.07 Å². The maximum absolute atomic E-state index is 14.5. The van der Waals surface area contributed by atoms with Crippen LogP contribution in [0.2, 0.25) is 5.02 Å². The second-order valence-electron chi connectivity index (χ2n) is 5.64. The second-order valence-corrected chi connectivity index (χ2v) is 6.05. The molecule has 0 aromatic heterocycles. The van der Waals surface area contributed by atoms with Gasteiger partial charge in [0, 0.05) is 16.1 Å². The van der Waals surface area contributed by atoms with Crippen molar-refractivity contribution < 1.29 is 18.7 Å². The molecule has 0 radical (unpaired) electrons. The Bertz CT molecular complexity index is 850. The number of nitrogens with zero attached hydrogens (tertiary/aromatic N) is 1. The summed E-state index contributed by atoms with van der Waals surface area (Å²) in [6, 6.07) is 11.9. The van der Waals surface area contributed by atoms with Gasteiger partial charge in [0.25, 0.3) is 0 Å². The van der Waals surface area contributed by atoms with Crippen molar-refractivity contribution in [2.75, 3.05) is 6.61 Å². The Morgan fingerprint density at radius 2 is 1.96 bits per heavy atom. The monoisotopic (exact) mass is 374 g/mol. The van der Waals surface area contributed by atoms with E-state index >= 15 is 0 Å². The van der Waals surface area contributed by atoms with Crippen LogP contribution in [0.25, 0.3) is 0 Å². The van der Waals surface area contributed by atoms with Gasteiger partial charge in [-0.1, -0.05) is 48.0 Å². The minimum atomic E-state index is -1.32. The molecule has 1 aliphatic rings. The Hall–Kier alpha value is -2.73. The van der Waals surface area contributed by atoms with Crippen LogP contribution in [0.3, 0.4) is 0 Å². The van der Waals surface area contributed by atoms with E-state index in [-0.39, 0.29) is 23.0 Å². The lowest BCUT2D eigenvalue weighted by Gasteiger charge is -2.28. The van der Waals surface area contributed by atoms with E-state index in [1.54, 1.807) is 31.2 Å². The molecule has 134 valence electrons. The Balaban J connectivity index is 2.14. The largest absolute Gasteiger partial charge is 0.465 e. The van der Waals surface area contributed by atoms with Gasteiger partial charge in [-0.2, -0.15) is 0 Å². The van der Waals surface area contributed by atoms with Crippen LogP contribution in [-0.4, -0.2) is 24.3 Å². The summed E-state index contributed by atoms with van der Waals surface area (Å²) in [4.78, 5) is 29.4. The van der Waals surface area contributed by atoms with Crippen LogP contribution in [-0.2, 0) is 14.3 Å². The lowest BCUT2D eigenvalue weighted by atomic mass is 9.90. The highest BCUT2D eigenvalue weighted by Gasteiger charge is 2.43. The number of hydrogen-bond acceptors (Lipinski definition) is 4. The molecule has 2 aromatic carbocycles. The van der Waals surface area contributed by atoms with Crippen LogP contribution in [0.15, 0.2) is 53.5 Å². The second kappa shape index (κ2) is 7.66. The summed E-state index contributed by atoms with van der Waals surface area (Å²) < 4.78 is 19.5. The molecule has 0 saturated carbocycles. The molecule has 1 amide bonds. The minimum Gasteiger partial charge on any atom is -0.465 e. The summed E-state index contributed by atoms with van der Waals surface area (Å²) in [5, 5.41) is 2.70. The molecule has 0 spiro atoms. The van der Waals surface area contributed by atoms with Crippen molar-refractivity contribution in [2.45, 2.75) is 13.0 Å². The molecule has 26 heavy (non-hydrogen) atoms. The zero-order valence-electron chi connectivity index (χ0n) is 13.9. The molecule has 2 atom stereocenters. The average Bonchev–Trinajstić information content (AvgIpc) is 2.62. The highest BCUT2D eigenvalue weighted by Crippen LogP contribution is 2.36. The molecule has 2 aromatic rings. The smallest absolute Gasteiger partial charge is 0.321 e. The van der Waals surface area contributed by atoms with Crippen LogP contribution in [0.5, 0.6) is 0 Å². The Morgan fingerprint density at radius 1 is 1.23 bits per heavy atom. The first-order valence-electron chi connectivity index (χ1n) is 8.07. The number of rotatable bonds is 4. The number of halogens is 2. The van der Waals surface area contributed by atoms with Crippen LogP contribution in [0, 0.1) is 11.7 Å². The summed E-state index contributed by atoms with van der Waals surface area (Å²) >= 11 is 6.16. The van der Waals surface area contributed by atoms with Gasteiger partial charge in [-0.05, 0) is 19.1 Å². The van der Waals surface area contributed by atoms with E-state index in [9.17, 15) is 14.0 Å². The predicted molar refractivity (Wildman–Crippen MR) is 95.4 cm³/mol. The van der Waals surface area contributed by atoms with Gasteiger partial charge >= 0.3 is 5.97 Å². The van der Waals surface area contributed by atoms with Gasteiger partial charge in [0.15, 0.2) is 5.92 Å². The van der Waals surface area contributed by atoms with Gasteiger partial charge in [-0.3, -0.25) is 14.6 Å².